The normalized spacial score (nSPS) is 27.5. The van der Waals surface area contributed by atoms with Gasteiger partial charge in [0, 0.05) is 30.3 Å². The summed E-state index contributed by atoms with van der Waals surface area (Å²) in [7, 11) is 0. The van der Waals surface area contributed by atoms with Crippen LogP contribution in [0.1, 0.15) is 51.0 Å². The summed E-state index contributed by atoms with van der Waals surface area (Å²) in [4.78, 5) is 33.7. The quantitative estimate of drug-likeness (QED) is 0.647. The fourth-order valence-corrected chi connectivity index (χ4v) is 5.93. The third-order valence-corrected chi connectivity index (χ3v) is 7.61. The molecule has 7 heteroatoms. The minimum atomic E-state index is -0.753. The molecule has 1 aromatic carbocycles. The van der Waals surface area contributed by atoms with Gasteiger partial charge >= 0.3 is 6.03 Å². The fraction of sp³-hybridized carbons (Fsp3) is 0.600. The summed E-state index contributed by atoms with van der Waals surface area (Å²) in [5.74, 6) is 0.141. The highest BCUT2D eigenvalue weighted by atomic mass is 16.5. The zero-order valence-corrected chi connectivity index (χ0v) is 18.9. The maximum atomic E-state index is 13.6. The summed E-state index contributed by atoms with van der Waals surface area (Å²) < 4.78 is 5.70. The Labute approximate surface area is 189 Å². The Hall–Kier alpha value is -2.38. The summed E-state index contributed by atoms with van der Waals surface area (Å²) in [6.45, 7) is 5.98. The number of para-hydroxylation sites is 1. The number of carbonyl (C=O) groups excluding carboxylic acids is 2. The van der Waals surface area contributed by atoms with E-state index in [1.165, 1.54) is 21.4 Å². The second-order valence-corrected chi connectivity index (χ2v) is 9.61. The Morgan fingerprint density at radius 3 is 2.72 bits per heavy atom. The molecule has 5 rings (SSSR count). The number of fused-ring (bicyclic) bond motifs is 1. The summed E-state index contributed by atoms with van der Waals surface area (Å²) >= 11 is 0. The summed E-state index contributed by atoms with van der Waals surface area (Å²) in [5.41, 5.74) is 1.73. The first kappa shape index (κ1) is 21.5. The molecule has 0 spiro atoms. The minimum Gasteiger partial charge on any atom is -0.376 e. The van der Waals surface area contributed by atoms with Gasteiger partial charge in [-0.25, -0.2) is 4.79 Å². The van der Waals surface area contributed by atoms with Crippen LogP contribution in [0.3, 0.4) is 0 Å². The number of ether oxygens (including phenoxy) is 1. The number of hydrogen-bond donors (Lipinski definition) is 2. The highest BCUT2D eigenvalue weighted by Crippen LogP contribution is 2.38. The van der Waals surface area contributed by atoms with Crippen LogP contribution in [-0.2, 0) is 16.1 Å². The van der Waals surface area contributed by atoms with E-state index < -0.39 is 5.54 Å². The van der Waals surface area contributed by atoms with Gasteiger partial charge in [0.1, 0.15) is 5.54 Å². The molecule has 2 aromatic rings. The number of benzene rings is 1. The topological polar surface area (TPSA) is 77.7 Å². The Kier molecular flexibility index (Phi) is 5.95. The molecule has 4 heterocycles. The zero-order valence-electron chi connectivity index (χ0n) is 18.9. The second-order valence-electron chi connectivity index (χ2n) is 9.61. The molecule has 2 N–H and O–H groups in total. The van der Waals surface area contributed by atoms with E-state index in [1.54, 1.807) is 0 Å². The SMILES string of the molecule is CCC[C@]1(C2CCN(Cc3c[nH]c4ccccc34)CC2)NC(=O)N(C[C@H]2CCCO2)C1=O. The molecule has 3 amide bonds. The lowest BCUT2D eigenvalue weighted by atomic mass is 9.74. The van der Waals surface area contributed by atoms with Gasteiger partial charge in [-0.05, 0) is 62.7 Å². The largest absolute Gasteiger partial charge is 0.376 e. The maximum Gasteiger partial charge on any atom is 0.325 e. The van der Waals surface area contributed by atoms with Gasteiger partial charge in [-0.1, -0.05) is 31.5 Å². The van der Waals surface area contributed by atoms with Crippen LogP contribution in [0.2, 0.25) is 0 Å². The predicted molar refractivity (Wildman–Crippen MR) is 123 cm³/mol. The number of likely N-dealkylation sites (tertiary alicyclic amines) is 1. The number of aromatic amines is 1. The van der Waals surface area contributed by atoms with Crippen LogP contribution >= 0.6 is 0 Å². The minimum absolute atomic E-state index is 0.0138. The van der Waals surface area contributed by atoms with Crippen LogP contribution < -0.4 is 5.32 Å². The fourth-order valence-electron chi connectivity index (χ4n) is 5.93. The van der Waals surface area contributed by atoms with E-state index in [9.17, 15) is 9.59 Å². The average Bonchev–Trinajstić information content (AvgIpc) is 3.52. The molecule has 0 radical (unpaired) electrons. The van der Waals surface area contributed by atoms with Crippen molar-refractivity contribution in [3.05, 3.63) is 36.0 Å². The molecular weight excluding hydrogens is 404 g/mol. The van der Waals surface area contributed by atoms with Gasteiger partial charge in [0.25, 0.3) is 5.91 Å². The Balaban J connectivity index is 1.26. The standard InChI is InChI=1S/C25H34N4O3/c1-2-11-25(23(30)29(24(31)27-25)17-20-6-5-14-32-20)19-9-12-28(13-10-19)16-18-15-26-22-8-4-3-7-21(18)22/h3-4,7-8,15,19-20,26H,2,5-6,9-14,16-17H2,1H3,(H,27,31)/t20-,25-/m1/s1. The van der Waals surface area contributed by atoms with E-state index in [-0.39, 0.29) is 24.0 Å². The van der Waals surface area contributed by atoms with Crippen molar-refractivity contribution < 1.29 is 14.3 Å². The summed E-state index contributed by atoms with van der Waals surface area (Å²) in [5, 5.41) is 4.43. The number of H-pyrrole nitrogens is 1. The lowest BCUT2D eigenvalue weighted by Gasteiger charge is -2.41. The molecule has 32 heavy (non-hydrogen) atoms. The Morgan fingerprint density at radius 1 is 1.16 bits per heavy atom. The molecule has 0 unspecified atom stereocenters. The average molecular weight is 439 g/mol. The second kappa shape index (κ2) is 8.87. The van der Waals surface area contributed by atoms with Crippen LogP contribution in [-0.4, -0.2) is 64.6 Å². The first-order valence-electron chi connectivity index (χ1n) is 12.1. The number of rotatable bonds is 7. The van der Waals surface area contributed by atoms with E-state index in [0.29, 0.717) is 13.0 Å². The number of imide groups is 1. The molecule has 3 fully saturated rings. The number of urea groups is 1. The van der Waals surface area contributed by atoms with Crippen LogP contribution in [0.4, 0.5) is 4.79 Å². The first-order chi connectivity index (χ1) is 15.6. The maximum absolute atomic E-state index is 13.6. The number of hydrogen-bond acceptors (Lipinski definition) is 4. The van der Waals surface area contributed by atoms with Gasteiger partial charge in [0.2, 0.25) is 0 Å². The molecular formula is C25H34N4O3. The van der Waals surface area contributed by atoms with Crippen LogP contribution in [0.25, 0.3) is 10.9 Å². The molecule has 172 valence electrons. The molecule has 2 atom stereocenters. The number of amides is 3. The molecule has 3 saturated heterocycles. The molecule has 0 aliphatic carbocycles. The monoisotopic (exact) mass is 438 g/mol. The third-order valence-electron chi connectivity index (χ3n) is 7.61. The Morgan fingerprint density at radius 2 is 1.97 bits per heavy atom. The van der Waals surface area contributed by atoms with E-state index in [2.05, 4.69) is 52.6 Å². The molecule has 7 nitrogen and oxygen atoms in total. The molecule has 3 aliphatic rings. The van der Waals surface area contributed by atoms with Gasteiger partial charge in [0.15, 0.2) is 0 Å². The van der Waals surface area contributed by atoms with Gasteiger partial charge in [-0.2, -0.15) is 0 Å². The van der Waals surface area contributed by atoms with Crippen LogP contribution in [0, 0.1) is 5.92 Å². The van der Waals surface area contributed by atoms with Gasteiger partial charge < -0.3 is 15.0 Å². The van der Waals surface area contributed by atoms with E-state index in [0.717, 1.165) is 58.3 Å². The van der Waals surface area contributed by atoms with E-state index >= 15 is 0 Å². The van der Waals surface area contributed by atoms with Crippen LogP contribution in [0.5, 0.6) is 0 Å². The van der Waals surface area contributed by atoms with Crippen molar-refractivity contribution in [1.82, 2.24) is 20.1 Å². The van der Waals surface area contributed by atoms with Crippen molar-refractivity contribution in [2.45, 2.75) is 63.6 Å². The zero-order chi connectivity index (χ0) is 22.1. The number of carbonyl (C=O) groups is 2. The van der Waals surface area contributed by atoms with Crippen LogP contribution in [0.15, 0.2) is 30.5 Å². The lowest BCUT2D eigenvalue weighted by Crippen LogP contribution is -2.56. The Bertz CT molecular complexity index is 974. The first-order valence-corrected chi connectivity index (χ1v) is 12.1. The highest BCUT2D eigenvalue weighted by Gasteiger charge is 2.55. The number of piperidine rings is 1. The number of nitrogens with zero attached hydrogens (tertiary/aromatic N) is 2. The number of nitrogens with one attached hydrogen (secondary N) is 2. The van der Waals surface area contributed by atoms with Crippen molar-refractivity contribution in [3.63, 3.8) is 0 Å². The molecule has 3 aliphatic heterocycles. The van der Waals surface area contributed by atoms with Crippen molar-refractivity contribution in [2.24, 2.45) is 5.92 Å². The summed E-state index contributed by atoms with van der Waals surface area (Å²) in [6.07, 6.45) is 7.43. The molecule has 0 bridgehead atoms. The molecule has 1 aromatic heterocycles. The van der Waals surface area contributed by atoms with Crippen molar-refractivity contribution in [1.29, 1.82) is 0 Å². The van der Waals surface area contributed by atoms with Gasteiger partial charge in [-0.15, -0.1) is 0 Å². The summed E-state index contributed by atoms with van der Waals surface area (Å²) in [6, 6.07) is 8.17. The predicted octanol–water partition coefficient (Wildman–Crippen LogP) is 3.65. The van der Waals surface area contributed by atoms with Crippen molar-refractivity contribution >= 4 is 22.8 Å². The highest BCUT2D eigenvalue weighted by molar-refractivity contribution is 6.07. The number of aromatic nitrogens is 1. The smallest absolute Gasteiger partial charge is 0.325 e. The van der Waals surface area contributed by atoms with Gasteiger partial charge in [-0.3, -0.25) is 14.6 Å². The third kappa shape index (κ3) is 3.82. The molecule has 0 saturated carbocycles. The van der Waals surface area contributed by atoms with E-state index in [1.807, 2.05) is 0 Å². The van der Waals surface area contributed by atoms with Gasteiger partial charge in [0.05, 0.1) is 12.6 Å². The van der Waals surface area contributed by atoms with Crippen molar-refractivity contribution in [2.75, 3.05) is 26.2 Å². The van der Waals surface area contributed by atoms with Crippen molar-refractivity contribution in [3.8, 4) is 0 Å². The van der Waals surface area contributed by atoms with E-state index in [4.69, 9.17) is 4.74 Å². The lowest BCUT2D eigenvalue weighted by molar-refractivity contribution is -0.135.